The van der Waals surface area contributed by atoms with Gasteiger partial charge < -0.3 is 9.47 Å². The summed E-state index contributed by atoms with van der Waals surface area (Å²) in [6.07, 6.45) is 0. The number of benzene rings is 1. The molecule has 21 heavy (non-hydrogen) atoms. The number of methoxy groups -OCH3 is 2. The van der Waals surface area contributed by atoms with Crippen LogP contribution in [0.5, 0.6) is 11.5 Å². The molecule has 2 rings (SSSR count). The Morgan fingerprint density at radius 2 is 1.71 bits per heavy atom. The Labute approximate surface area is 127 Å². The summed E-state index contributed by atoms with van der Waals surface area (Å²) in [5.74, 6) is 1.01. The maximum atomic E-state index is 12.3. The second-order valence-corrected chi connectivity index (χ2v) is 7.13. The minimum atomic E-state index is -3.65. The van der Waals surface area contributed by atoms with E-state index in [1.54, 1.807) is 26.0 Å². The van der Waals surface area contributed by atoms with Crippen LogP contribution in [0.3, 0.4) is 0 Å². The van der Waals surface area contributed by atoms with E-state index in [-0.39, 0.29) is 4.21 Å². The van der Waals surface area contributed by atoms with Gasteiger partial charge in [0.15, 0.2) is 15.7 Å². The maximum Gasteiger partial charge on any atom is 0.273 e. The van der Waals surface area contributed by atoms with Gasteiger partial charge in [-0.15, -0.1) is 0 Å². The van der Waals surface area contributed by atoms with E-state index in [0.29, 0.717) is 22.9 Å². The first kappa shape index (κ1) is 15.6. The third kappa shape index (κ3) is 3.27. The summed E-state index contributed by atoms with van der Waals surface area (Å²) < 4.78 is 41.7. The molecule has 0 bridgehead atoms. The van der Waals surface area contributed by atoms with Crippen molar-refractivity contribution in [3.05, 3.63) is 29.5 Å². The lowest BCUT2D eigenvalue weighted by molar-refractivity contribution is 0.355. The fourth-order valence-electron chi connectivity index (χ4n) is 1.75. The van der Waals surface area contributed by atoms with Crippen molar-refractivity contribution in [3.8, 4) is 11.5 Å². The molecule has 1 heterocycles. The predicted molar refractivity (Wildman–Crippen MR) is 81.9 cm³/mol. The molecule has 1 aromatic heterocycles. The summed E-state index contributed by atoms with van der Waals surface area (Å²) >= 11 is 0.943. The van der Waals surface area contributed by atoms with Crippen LogP contribution >= 0.6 is 11.5 Å². The fourth-order valence-corrected chi connectivity index (χ4v) is 3.83. The third-order valence-corrected chi connectivity index (χ3v) is 5.54. The summed E-state index contributed by atoms with van der Waals surface area (Å²) in [4.78, 5) is 0. The number of anilines is 1. The first-order valence-electron chi connectivity index (χ1n) is 6.06. The van der Waals surface area contributed by atoms with E-state index in [2.05, 4.69) is 9.10 Å². The molecule has 0 unspecified atom stereocenters. The standard InChI is InChI=1S/C13H16N2O4S2/c1-8-5-11(18-3)12(19-4)7-10(8)15-21(16,17)13-6-9(2)14-20-13/h5-7,15H,1-4H3. The first-order chi connectivity index (χ1) is 9.87. The van der Waals surface area contributed by atoms with E-state index in [4.69, 9.17) is 9.47 Å². The molecular formula is C13H16N2O4S2. The Balaban J connectivity index is 2.39. The van der Waals surface area contributed by atoms with Gasteiger partial charge in [0.05, 0.1) is 25.6 Å². The Bertz CT molecular complexity index is 754. The molecule has 6 nitrogen and oxygen atoms in total. The van der Waals surface area contributed by atoms with Gasteiger partial charge in [0.1, 0.15) is 0 Å². The zero-order valence-electron chi connectivity index (χ0n) is 12.1. The van der Waals surface area contributed by atoms with Gasteiger partial charge in [0, 0.05) is 6.07 Å². The normalized spacial score (nSPS) is 11.2. The number of sulfonamides is 1. The molecule has 114 valence electrons. The summed E-state index contributed by atoms with van der Waals surface area (Å²) in [6.45, 7) is 3.54. The van der Waals surface area contributed by atoms with Gasteiger partial charge in [-0.2, -0.15) is 4.37 Å². The number of rotatable bonds is 5. The van der Waals surface area contributed by atoms with Crippen molar-refractivity contribution in [2.24, 2.45) is 0 Å². The quantitative estimate of drug-likeness (QED) is 0.913. The summed E-state index contributed by atoms with van der Waals surface area (Å²) in [5.41, 5.74) is 1.85. The molecular weight excluding hydrogens is 312 g/mol. The van der Waals surface area contributed by atoms with Crippen LogP contribution in [-0.4, -0.2) is 27.0 Å². The predicted octanol–water partition coefficient (Wildman–Crippen LogP) is 2.58. The number of hydrogen-bond donors (Lipinski definition) is 1. The Hall–Kier alpha value is -1.80. The molecule has 1 N–H and O–H groups in total. The molecule has 0 atom stereocenters. The molecule has 0 radical (unpaired) electrons. The minimum Gasteiger partial charge on any atom is -0.493 e. The number of aryl methyl sites for hydroxylation is 2. The molecule has 8 heteroatoms. The van der Waals surface area contributed by atoms with Crippen molar-refractivity contribution in [2.45, 2.75) is 18.1 Å². The second-order valence-electron chi connectivity index (χ2n) is 4.41. The highest BCUT2D eigenvalue weighted by Crippen LogP contribution is 2.34. The topological polar surface area (TPSA) is 77.5 Å². The van der Waals surface area contributed by atoms with E-state index < -0.39 is 10.0 Å². The highest BCUT2D eigenvalue weighted by molar-refractivity contribution is 7.94. The molecule has 0 amide bonds. The number of nitrogens with one attached hydrogen (secondary N) is 1. The van der Waals surface area contributed by atoms with Gasteiger partial charge in [-0.05, 0) is 43.1 Å². The molecule has 2 aromatic rings. The van der Waals surface area contributed by atoms with Crippen LogP contribution in [0.25, 0.3) is 0 Å². The molecule has 0 aliphatic heterocycles. The number of aromatic nitrogens is 1. The van der Waals surface area contributed by atoms with Crippen LogP contribution < -0.4 is 14.2 Å². The first-order valence-corrected chi connectivity index (χ1v) is 8.32. The van der Waals surface area contributed by atoms with E-state index in [9.17, 15) is 8.42 Å². The summed E-state index contributed by atoms with van der Waals surface area (Å²) in [6, 6.07) is 4.84. The average Bonchev–Trinajstić information content (AvgIpc) is 2.88. The minimum absolute atomic E-state index is 0.175. The van der Waals surface area contributed by atoms with Crippen LogP contribution in [0.4, 0.5) is 5.69 Å². The van der Waals surface area contributed by atoms with Gasteiger partial charge in [0.25, 0.3) is 10.0 Å². The Kier molecular flexibility index (Phi) is 4.38. The molecule has 0 spiro atoms. The number of hydrogen-bond acceptors (Lipinski definition) is 6. The largest absolute Gasteiger partial charge is 0.493 e. The lowest BCUT2D eigenvalue weighted by Crippen LogP contribution is -2.12. The summed E-state index contributed by atoms with van der Waals surface area (Å²) in [7, 11) is -0.623. The van der Waals surface area contributed by atoms with Crippen molar-refractivity contribution in [1.29, 1.82) is 0 Å². The van der Waals surface area contributed by atoms with Crippen molar-refractivity contribution in [2.75, 3.05) is 18.9 Å². The lowest BCUT2D eigenvalue weighted by atomic mass is 10.2. The molecule has 0 fully saturated rings. The van der Waals surface area contributed by atoms with Gasteiger partial charge in [0.2, 0.25) is 0 Å². The SMILES string of the molecule is COc1cc(C)c(NS(=O)(=O)c2cc(C)ns2)cc1OC. The van der Waals surface area contributed by atoms with Crippen LogP contribution in [0, 0.1) is 13.8 Å². The Morgan fingerprint density at radius 1 is 1.10 bits per heavy atom. The third-order valence-electron chi connectivity index (χ3n) is 2.85. The van der Waals surface area contributed by atoms with Crippen LogP contribution in [0.2, 0.25) is 0 Å². The van der Waals surface area contributed by atoms with Gasteiger partial charge >= 0.3 is 0 Å². The molecule has 0 saturated heterocycles. The van der Waals surface area contributed by atoms with E-state index in [1.807, 2.05) is 0 Å². The van der Waals surface area contributed by atoms with E-state index >= 15 is 0 Å². The second kappa shape index (κ2) is 5.90. The van der Waals surface area contributed by atoms with Crippen molar-refractivity contribution >= 4 is 27.2 Å². The van der Waals surface area contributed by atoms with E-state index in [0.717, 1.165) is 17.1 Å². The molecule has 0 aliphatic carbocycles. The number of nitrogens with zero attached hydrogens (tertiary/aromatic N) is 1. The van der Waals surface area contributed by atoms with Crippen molar-refractivity contribution in [3.63, 3.8) is 0 Å². The molecule has 1 aromatic carbocycles. The average molecular weight is 328 g/mol. The van der Waals surface area contributed by atoms with Gasteiger partial charge in [-0.3, -0.25) is 4.72 Å². The monoisotopic (exact) mass is 328 g/mol. The smallest absolute Gasteiger partial charge is 0.273 e. The van der Waals surface area contributed by atoms with E-state index in [1.165, 1.54) is 20.3 Å². The maximum absolute atomic E-state index is 12.3. The van der Waals surface area contributed by atoms with Crippen LogP contribution in [0.1, 0.15) is 11.3 Å². The Morgan fingerprint density at radius 3 is 2.24 bits per heavy atom. The highest BCUT2D eigenvalue weighted by atomic mass is 32.2. The van der Waals surface area contributed by atoms with Crippen LogP contribution in [0.15, 0.2) is 22.4 Å². The molecule has 0 aliphatic rings. The zero-order chi connectivity index (χ0) is 15.6. The lowest BCUT2D eigenvalue weighted by Gasteiger charge is -2.13. The van der Waals surface area contributed by atoms with Gasteiger partial charge in [-0.1, -0.05) is 0 Å². The molecule has 0 saturated carbocycles. The fraction of sp³-hybridized carbons (Fsp3) is 0.308. The highest BCUT2D eigenvalue weighted by Gasteiger charge is 2.19. The van der Waals surface area contributed by atoms with Crippen molar-refractivity contribution < 1.29 is 17.9 Å². The van der Waals surface area contributed by atoms with Gasteiger partial charge in [-0.25, -0.2) is 8.42 Å². The van der Waals surface area contributed by atoms with Crippen molar-refractivity contribution in [1.82, 2.24) is 4.37 Å². The van der Waals surface area contributed by atoms with Crippen LogP contribution in [-0.2, 0) is 10.0 Å². The zero-order valence-corrected chi connectivity index (χ0v) is 13.8. The number of ether oxygens (including phenoxy) is 2. The summed E-state index contributed by atoms with van der Waals surface area (Å²) in [5, 5.41) is 0.